The van der Waals surface area contributed by atoms with Crippen molar-refractivity contribution in [2.24, 2.45) is 5.73 Å². The molecule has 136 valence electrons. The number of nitriles is 1. The molecule has 0 saturated carbocycles. The number of nitrogens with zero attached hydrogens (tertiary/aromatic N) is 2. The van der Waals surface area contributed by atoms with E-state index in [2.05, 4.69) is 0 Å². The molecule has 0 aromatic heterocycles. The average Bonchev–Trinajstić information content (AvgIpc) is 2.94. The van der Waals surface area contributed by atoms with Gasteiger partial charge in [-0.3, -0.25) is 14.5 Å². The molecular weight excluding hydrogens is 365 g/mol. The molecule has 0 spiro atoms. The molecule has 1 fully saturated rings. The highest BCUT2D eigenvalue weighted by Crippen LogP contribution is 2.42. The zero-order valence-corrected chi connectivity index (χ0v) is 15.3. The molecule has 0 radical (unpaired) electrons. The molecule has 1 aliphatic rings. The normalized spacial score (nSPS) is 18.3. The molecule has 1 saturated heterocycles. The number of rotatable bonds is 4. The minimum Gasteiger partial charge on any atom is -0.365 e. The Balaban J connectivity index is 2.05. The van der Waals surface area contributed by atoms with E-state index in [1.54, 1.807) is 24.3 Å². The summed E-state index contributed by atoms with van der Waals surface area (Å²) in [6.07, 6.45) is 0.340. The van der Waals surface area contributed by atoms with Gasteiger partial charge in [0.25, 0.3) is 5.91 Å². The van der Waals surface area contributed by atoms with E-state index in [0.717, 1.165) is 22.9 Å². The lowest BCUT2D eigenvalue weighted by Gasteiger charge is -2.20. The van der Waals surface area contributed by atoms with Crippen molar-refractivity contribution in [2.75, 3.05) is 4.90 Å². The fraction of sp³-hybridized carbons (Fsp3) is 0.150. The van der Waals surface area contributed by atoms with Gasteiger partial charge in [0.15, 0.2) is 0 Å². The Morgan fingerprint density at radius 1 is 1.26 bits per heavy atom. The minimum absolute atomic E-state index is 0.233. The average molecular weight is 381 g/mol. The van der Waals surface area contributed by atoms with Crippen LogP contribution in [-0.4, -0.2) is 17.1 Å². The summed E-state index contributed by atoms with van der Waals surface area (Å²) in [6, 6.07) is 14.9. The fourth-order valence-corrected chi connectivity index (χ4v) is 4.18. The van der Waals surface area contributed by atoms with Crippen LogP contribution < -0.4 is 10.6 Å². The van der Waals surface area contributed by atoms with Gasteiger partial charge in [-0.1, -0.05) is 42.1 Å². The second kappa shape index (κ2) is 7.64. The zero-order chi connectivity index (χ0) is 19.6. The van der Waals surface area contributed by atoms with Crippen LogP contribution in [0.1, 0.15) is 11.1 Å². The fourth-order valence-electron chi connectivity index (χ4n) is 2.87. The van der Waals surface area contributed by atoms with Crippen molar-refractivity contribution >= 4 is 29.3 Å². The molecule has 7 heteroatoms. The summed E-state index contributed by atoms with van der Waals surface area (Å²) in [7, 11) is 0. The summed E-state index contributed by atoms with van der Waals surface area (Å²) in [5, 5.41) is 9.07. The number of nitrogens with two attached hydrogens (primary N) is 1. The van der Waals surface area contributed by atoms with E-state index in [4.69, 9.17) is 5.73 Å². The van der Waals surface area contributed by atoms with Crippen LogP contribution in [0.2, 0.25) is 0 Å². The van der Waals surface area contributed by atoms with E-state index in [0.29, 0.717) is 12.1 Å². The second-order valence-electron chi connectivity index (χ2n) is 6.05. The zero-order valence-electron chi connectivity index (χ0n) is 14.5. The maximum Gasteiger partial charge on any atom is 0.262 e. The predicted octanol–water partition coefficient (Wildman–Crippen LogP) is 3.05. The SMILES string of the molecule is Cc1ccccc1N1C(=O)C(Cc2ccc(F)cc2)S/C1=C(/C#N)C(N)=O. The van der Waals surface area contributed by atoms with Crippen molar-refractivity contribution in [1.82, 2.24) is 0 Å². The first-order valence-electron chi connectivity index (χ1n) is 8.17. The summed E-state index contributed by atoms with van der Waals surface area (Å²) < 4.78 is 13.1. The smallest absolute Gasteiger partial charge is 0.262 e. The molecule has 1 unspecified atom stereocenters. The maximum absolute atomic E-state index is 13.1. The molecule has 1 atom stereocenters. The van der Waals surface area contributed by atoms with E-state index in [1.165, 1.54) is 17.0 Å². The van der Waals surface area contributed by atoms with E-state index in [1.807, 2.05) is 25.1 Å². The maximum atomic E-state index is 13.1. The Kier molecular flexibility index (Phi) is 5.28. The van der Waals surface area contributed by atoms with Gasteiger partial charge in [-0.15, -0.1) is 0 Å². The monoisotopic (exact) mass is 381 g/mol. The van der Waals surface area contributed by atoms with Crippen LogP contribution in [0.5, 0.6) is 0 Å². The third kappa shape index (κ3) is 3.71. The standard InChI is InChI=1S/C20H16FN3O2S/c1-12-4-2-3-5-16(12)24-19(26)17(10-13-6-8-14(21)9-7-13)27-20(24)15(11-22)18(23)25/h2-9,17H,10H2,1H3,(H2,23,25)/b20-15-. The van der Waals surface area contributed by atoms with Crippen LogP contribution in [0.3, 0.4) is 0 Å². The molecule has 2 aromatic rings. The molecule has 2 amide bonds. The summed E-state index contributed by atoms with van der Waals surface area (Å²) in [6.45, 7) is 1.84. The van der Waals surface area contributed by atoms with Gasteiger partial charge >= 0.3 is 0 Å². The van der Waals surface area contributed by atoms with Crippen molar-refractivity contribution in [2.45, 2.75) is 18.6 Å². The van der Waals surface area contributed by atoms with E-state index in [9.17, 15) is 19.2 Å². The molecule has 3 rings (SSSR count). The Morgan fingerprint density at radius 3 is 2.52 bits per heavy atom. The molecule has 2 aromatic carbocycles. The first kappa shape index (κ1) is 18.7. The molecule has 0 aliphatic carbocycles. The van der Waals surface area contributed by atoms with Gasteiger partial charge in [0, 0.05) is 0 Å². The summed E-state index contributed by atoms with van der Waals surface area (Å²) in [5.74, 6) is -1.48. The molecule has 27 heavy (non-hydrogen) atoms. The number of thioether (sulfide) groups is 1. The first-order chi connectivity index (χ1) is 12.9. The quantitative estimate of drug-likeness (QED) is 0.651. The number of halogens is 1. The van der Waals surface area contributed by atoms with E-state index >= 15 is 0 Å². The number of primary amides is 1. The molecule has 1 aliphatic heterocycles. The second-order valence-corrected chi connectivity index (χ2v) is 7.24. The lowest BCUT2D eigenvalue weighted by molar-refractivity contribution is -0.117. The topological polar surface area (TPSA) is 87.2 Å². The lowest BCUT2D eigenvalue weighted by atomic mass is 10.1. The first-order valence-corrected chi connectivity index (χ1v) is 9.05. The number of benzene rings is 2. The van der Waals surface area contributed by atoms with Crippen molar-refractivity contribution < 1.29 is 14.0 Å². The number of hydrogen-bond acceptors (Lipinski definition) is 4. The highest BCUT2D eigenvalue weighted by Gasteiger charge is 2.40. The van der Waals surface area contributed by atoms with Crippen molar-refractivity contribution in [3.05, 3.63) is 76.1 Å². The number of para-hydroxylation sites is 1. The van der Waals surface area contributed by atoms with Gasteiger partial charge in [-0.05, 0) is 42.7 Å². The number of hydrogen-bond donors (Lipinski definition) is 1. The Morgan fingerprint density at radius 2 is 1.93 bits per heavy atom. The van der Waals surface area contributed by atoms with Crippen LogP contribution in [0, 0.1) is 24.1 Å². The van der Waals surface area contributed by atoms with E-state index < -0.39 is 11.2 Å². The Bertz CT molecular complexity index is 979. The summed E-state index contributed by atoms with van der Waals surface area (Å²) >= 11 is 1.13. The largest absolute Gasteiger partial charge is 0.365 e. The molecule has 0 bridgehead atoms. The molecule has 2 N–H and O–H groups in total. The van der Waals surface area contributed by atoms with Gasteiger partial charge in [-0.25, -0.2) is 4.39 Å². The van der Waals surface area contributed by atoms with Gasteiger partial charge in [0.1, 0.15) is 22.5 Å². The summed E-state index contributed by atoms with van der Waals surface area (Å²) in [5.41, 5.74) is 7.31. The third-order valence-corrected chi connectivity index (χ3v) is 5.48. The highest BCUT2D eigenvalue weighted by atomic mass is 32.2. The van der Waals surface area contributed by atoms with Gasteiger partial charge in [-0.2, -0.15) is 5.26 Å². The number of aryl methyl sites for hydroxylation is 1. The highest BCUT2D eigenvalue weighted by molar-refractivity contribution is 8.05. The van der Waals surface area contributed by atoms with Crippen LogP contribution in [0.25, 0.3) is 0 Å². The van der Waals surface area contributed by atoms with Crippen LogP contribution in [0.15, 0.2) is 59.1 Å². The Hall–Kier alpha value is -3.11. The Labute approximate surface area is 160 Å². The molecule has 1 heterocycles. The van der Waals surface area contributed by atoms with Crippen molar-refractivity contribution in [3.63, 3.8) is 0 Å². The minimum atomic E-state index is -0.881. The number of amides is 2. The van der Waals surface area contributed by atoms with E-state index in [-0.39, 0.29) is 22.3 Å². The van der Waals surface area contributed by atoms with Gasteiger partial charge in [0.2, 0.25) is 5.91 Å². The molecule has 5 nitrogen and oxygen atoms in total. The van der Waals surface area contributed by atoms with Crippen LogP contribution in [0.4, 0.5) is 10.1 Å². The van der Waals surface area contributed by atoms with Gasteiger partial charge < -0.3 is 5.73 Å². The van der Waals surface area contributed by atoms with Crippen LogP contribution in [-0.2, 0) is 16.0 Å². The predicted molar refractivity (Wildman–Crippen MR) is 102 cm³/mol. The molecular formula is C20H16FN3O2S. The number of anilines is 1. The van der Waals surface area contributed by atoms with Crippen molar-refractivity contribution in [3.8, 4) is 6.07 Å². The van der Waals surface area contributed by atoms with Gasteiger partial charge in [0.05, 0.1) is 10.9 Å². The lowest BCUT2D eigenvalue weighted by Crippen LogP contribution is -2.31. The third-order valence-electron chi connectivity index (χ3n) is 4.22. The number of carbonyl (C=O) groups is 2. The summed E-state index contributed by atoms with van der Waals surface area (Å²) in [4.78, 5) is 26.2. The number of carbonyl (C=O) groups excluding carboxylic acids is 2. The van der Waals surface area contributed by atoms with Crippen molar-refractivity contribution in [1.29, 1.82) is 5.26 Å². The van der Waals surface area contributed by atoms with Crippen LogP contribution >= 0.6 is 11.8 Å².